The number of amides is 1. The average Bonchev–Trinajstić information content (AvgIpc) is 2.65. The predicted molar refractivity (Wildman–Crippen MR) is 64.0 cm³/mol. The molecule has 1 aromatic rings. The quantitative estimate of drug-likeness (QED) is 0.874. The molecule has 1 aliphatic rings. The van der Waals surface area contributed by atoms with Crippen molar-refractivity contribution in [1.29, 1.82) is 0 Å². The fourth-order valence-electron chi connectivity index (χ4n) is 1.60. The molecular weight excluding hydrogens is 278 g/mol. The van der Waals surface area contributed by atoms with Gasteiger partial charge in [0.2, 0.25) is 5.91 Å². The van der Waals surface area contributed by atoms with E-state index in [0.717, 1.165) is 29.7 Å². The highest BCUT2D eigenvalue weighted by atomic mass is 79.9. The first-order valence-electron chi connectivity index (χ1n) is 4.88. The van der Waals surface area contributed by atoms with Gasteiger partial charge in [-0.1, -0.05) is 11.3 Å². The van der Waals surface area contributed by atoms with Crippen molar-refractivity contribution >= 4 is 38.3 Å². The lowest BCUT2D eigenvalue weighted by Gasteiger charge is -2.21. The molecule has 0 aliphatic carbocycles. The molecule has 82 valence electrons. The fraction of sp³-hybridized carbons (Fsp3) is 0.556. The first-order valence-corrected chi connectivity index (χ1v) is 6.49. The van der Waals surface area contributed by atoms with Crippen LogP contribution in [0, 0.1) is 5.92 Å². The van der Waals surface area contributed by atoms with Crippen LogP contribution in [0.2, 0.25) is 0 Å². The highest BCUT2D eigenvalue weighted by Crippen LogP contribution is 2.24. The summed E-state index contributed by atoms with van der Waals surface area (Å²) < 4.78 is 0.930. The Morgan fingerprint density at radius 3 is 3.20 bits per heavy atom. The SMILES string of the molecule is O=C(Nc1ncc(Br)s1)[C@H]1CCCNC1. The molecule has 2 N–H and O–H groups in total. The van der Waals surface area contributed by atoms with Gasteiger partial charge in [-0.25, -0.2) is 4.98 Å². The molecule has 0 aromatic carbocycles. The predicted octanol–water partition coefficient (Wildman–Crippen LogP) is 1.84. The molecule has 2 rings (SSSR count). The summed E-state index contributed by atoms with van der Waals surface area (Å²) in [5.74, 6) is 0.158. The molecule has 0 unspecified atom stereocenters. The van der Waals surface area contributed by atoms with Crippen molar-refractivity contribution in [3.63, 3.8) is 0 Å². The molecule has 15 heavy (non-hydrogen) atoms. The summed E-state index contributed by atoms with van der Waals surface area (Å²) in [5.41, 5.74) is 0. The number of carbonyl (C=O) groups is 1. The van der Waals surface area contributed by atoms with Gasteiger partial charge in [0, 0.05) is 6.54 Å². The summed E-state index contributed by atoms with van der Waals surface area (Å²) in [6, 6.07) is 0. The van der Waals surface area contributed by atoms with Crippen LogP contribution < -0.4 is 10.6 Å². The second kappa shape index (κ2) is 5.05. The molecule has 1 aromatic heterocycles. The van der Waals surface area contributed by atoms with Crippen molar-refractivity contribution in [3.05, 3.63) is 9.98 Å². The van der Waals surface area contributed by atoms with E-state index in [2.05, 4.69) is 31.5 Å². The number of nitrogens with one attached hydrogen (secondary N) is 2. The van der Waals surface area contributed by atoms with E-state index in [0.29, 0.717) is 5.13 Å². The van der Waals surface area contributed by atoms with E-state index in [4.69, 9.17) is 0 Å². The molecule has 0 bridgehead atoms. The van der Waals surface area contributed by atoms with Crippen LogP contribution in [0.25, 0.3) is 0 Å². The maximum absolute atomic E-state index is 11.8. The molecule has 1 aliphatic heterocycles. The standard InChI is InChI=1S/C9H12BrN3OS/c10-7-5-12-9(15-7)13-8(14)6-2-1-3-11-4-6/h5-6,11H,1-4H2,(H,12,13,14)/t6-/m0/s1. The summed E-state index contributed by atoms with van der Waals surface area (Å²) in [7, 11) is 0. The van der Waals surface area contributed by atoms with E-state index < -0.39 is 0 Å². The lowest BCUT2D eigenvalue weighted by molar-refractivity contribution is -0.120. The molecule has 1 amide bonds. The average molecular weight is 290 g/mol. The minimum atomic E-state index is 0.0732. The summed E-state index contributed by atoms with van der Waals surface area (Å²) in [5, 5.41) is 6.71. The first-order chi connectivity index (χ1) is 7.25. The first kappa shape index (κ1) is 11.0. The van der Waals surface area contributed by atoms with Crippen molar-refractivity contribution in [2.45, 2.75) is 12.8 Å². The van der Waals surface area contributed by atoms with E-state index >= 15 is 0 Å². The topological polar surface area (TPSA) is 54.0 Å². The molecule has 2 heterocycles. The van der Waals surface area contributed by atoms with Gasteiger partial charge in [-0.15, -0.1) is 0 Å². The van der Waals surface area contributed by atoms with Crippen LogP contribution in [-0.2, 0) is 4.79 Å². The number of rotatable bonds is 2. The van der Waals surface area contributed by atoms with E-state index in [1.54, 1.807) is 6.20 Å². The van der Waals surface area contributed by atoms with Gasteiger partial charge in [-0.3, -0.25) is 4.79 Å². The van der Waals surface area contributed by atoms with Crippen LogP contribution in [0.1, 0.15) is 12.8 Å². The van der Waals surface area contributed by atoms with Gasteiger partial charge in [0.05, 0.1) is 15.9 Å². The fourth-order valence-corrected chi connectivity index (χ4v) is 2.70. The largest absolute Gasteiger partial charge is 0.316 e. The summed E-state index contributed by atoms with van der Waals surface area (Å²) in [6.07, 6.45) is 3.73. The van der Waals surface area contributed by atoms with Gasteiger partial charge in [0.25, 0.3) is 0 Å². The summed E-state index contributed by atoms with van der Waals surface area (Å²) >= 11 is 4.74. The molecule has 4 nitrogen and oxygen atoms in total. The third-order valence-corrected chi connectivity index (χ3v) is 3.77. The third kappa shape index (κ3) is 2.99. The van der Waals surface area contributed by atoms with E-state index in [-0.39, 0.29) is 11.8 Å². The zero-order valence-electron chi connectivity index (χ0n) is 8.12. The second-order valence-electron chi connectivity index (χ2n) is 3.50. The molecule has 1 atom stereocenters. The number of hydrogen-bond acceptors (Lipinski definition) is 4. The number of hydrogen-bond donors (Lipinski definition) is 2. The normalized spacial score (nSPS) is 21.3. The Bertz CT molecular complexity index is 349. The number of thiazole rings is 1. The maximum Gasteiger partial charge on any atom is 0.230 e. The Morgan fingerprint density at radius 2 is 2.60 bits per heavy atom. The lowest BCUT2D eigenvalue weighted by Crippen LogP contribution is -2.37. The van der Waals surface area contributed by atoms with E-state index in [9.17, 15) is 4.79 Å². The van der Waals surface area contributed by atoms with E-state index in [1.807, 2.05) is 0 Å². The van der Waals surface area contributed by atoms with Crippen molar-refractivity contribution in [3.8, 4) is 0 Å². The number of halogens is 1. The van der Waals surface area contributed by atoms with Crippen LogP contribution in [0.4, 0.5) is 5.13 Å². The van der Waals surface area contributed by atoms with Crippen LogP contribution in [-0.4, -0.2) is 24.0 Å². The highest BCUT2D eigenvalue weighted by molar-refractivity contribution is 9.11. The number of carbonyl (C=O) groups excluding carboxylic acids is 1. The zero-order valence-corrected chi connectivity index (χ0v) is 10.5. The summed E-state index contributed by atoms with van der Waals surface area (Å²) in [4.78, 5) is 15.8. The van der Waals surface area contributed by atoms with Crippen molar-refractivity contribution in [2.75, 3.05) is 18.4 Å². The number of nitrogens with zero attached hydrogens (tertiary/aromatic N) is 1. The smallest absolute Gasteiger partial charge is 0.230 e. The molecule has 6 heteroatoms. The Hall–Kier alpha value is -0.460. The van der Waals surface area contributed by atoms with Gasteiger partial charge < -0.3 is 10.6 Å². The van der Waals surface area contributed by atoms with Crippen LogP contribution >= 0.6 is 27.3 Å². The summed E-state index contributed by atoms with van der Waals surface area (Å²) in [6.45, 7) is 1.80. The minimum Gasteiger partial charge on any atom is -0.316 e. The van der Waals surface area contributed by atoms with Gasteiger partial charge in [-0.05, 0) is 35.3 Å². The Kier molecular flexibility index (Phi) is 3.71. The molecule has 0 saturated carbocycles. The van der Waals surface area contributed by atoms with Gasteiger partial charge in [-0.2, -0.15) is 0 Å². The zero-order chi connectivity index (χ0) is 10.7. The Labute approximate surface area is 101 Å². The Morgan fingerprint density at radius 1 is 1.73 bits per heavy atom. The van der Waals surface area contributed by atoms with Gasteiger partial charge >= 0.3 is 0 Å². The van der Waals surface area contributed by atoms with Crippen molar-refractivity contribution < 1.29 is 4.79 Å². The van der Waals surface area contributed by atoms with Gasteiger partial charge in [0.1, 0.15) is 0 Å². The third-order valence-electron chi connectivity index (χ3n) is 2.38. The number of aromatic nitrogens is 1. The van der Waals surface area contributed by atoms with E-state index in [1.165, 1.54) is 11.3 Å². The monoisotopic (exact) mass is 289 g/mol. The molecule has 0 spiro atoms. The van der Waals surface area contributed by atoms with Crippen molar-refractivity contribution in [2.24, 2.45) is 5.92 Å². The molecule has 0 radical (unpaired) electrons. The maximum atomic E-state index is 11.8. The van der Waals surface area contributed by atoms with Crippen LogP contribution in [0.5, 0.6) is 0 Å². The molecule has 1 fully saturated rings. The van der Waals surface area contributed by atoms with Crippen LogP contribution in [0.3, 0.4) is 0 Å². The van der Waals surface area contributed by atoms with Crippen LogP contribution in [0.15, 0.2) is 9.98 Å². The van der Waals surface area contributed by atoms with Gasteiger partial charge in [0.15, 0.2) is 5.13 Å². The minimum absolute atomic E-state index is 0.0732. The molecular formula is C9H12BrN3OS. The van der Waals surface area contributed by atoms with Crippen molar-refractivity contribution in [1.82, 2.24) is 10.3 Å². The highest BCUT2D eigenvalue weighted by Gasteiger charge is 2.21. The lowest BCUT2D eigenvalue weighted by atomic mass is 9.99. The number of piperidine rings is 1. The molecule has 1 saturated heterocycles. The number of anilines is 1. The Balaban J connectivity index is 1.91. The second-order valence-corrected chi connectivity index (χ2v) is 5.91.